The van der Waals surface area contributed by atoms with Gasteiger partial charge in [-0.2, -0.15) is 4.39 Å². The molecule has 0 saturated carbocycles. The van der Waals surface area contributed by atoms with Crippen molar-refractivity contribution in [1.82, 2.24) is 0 Å². The number of hydrogen-bond acceptors (Lipinski definition) is 3. The summed E-state index contributed by atoms with van der Waals surface area (Å²) in [7, 11) is 0. The number of nitrogens with zero attached hydrogens (tertiary/aromatic N) is 1. The van der Waals surface area contributed by atoms with E-state index < -0.39 is 16.4 Å². The summed E-state index contributed by atoms with van der Waals surface area (Å²) in [4.78, 5) is 10.0. The van der Waals surface area contributed by atoms with Crippen LogP contribution in [0.4, 0.5) is 20.2 Å². The maximum Gasteiger partial charge on any atom is 0.327 e. The molecule has 0 unspecified atom stereocenters. The third-order valence-electron chi connectivity index (χ3n) is 2.84. The molecule has 1 N–H and O–H groups in total. The van der Waals surface area contributed by atoms with Crippen molar-refractivity contribution in [2.45, 2.75) is 6.42 Å². The second kappa shape index (κ2) is 6.10. The molecule has 0 spiro atoms. The van der Waals surface area contributed by atoms with E-state index in [4.69, 9.17) is 0 Å². The first-order valence-corrected chi connectivity index (χ1v) is 6.00. The van der Waals surface area contributed by atoms with Crippen LogP contribution in [0.25, 0.3) is 0 Å². The van der Waals surface area contributed by atoms with Crippen molar-refractivity contribution in [2.75, 3.05) is 11.9 Å². The van der Waals surface area contributed by atoms with Gasteiger partial charge < -0.3 is 5.32 Å². The Balaban J connectivity index is 2.07. The van der Waals surface area contributed by atoms with Crippen molar-refractivity contribution in [3.05, 3.63) is 69.8 Å². The van der Waals surface area contributed by atoms with Crippen LogP contribution >= 0.6 is 0 Å². The Morgan fingerprint density at radius 3 is 2.45 bits per heavy atom. The largest absolute Gasteiger partial charge is 0.379 e. The molecule has 0 radical (unpaired) electrons. The van der Waals surface area contributed by atoms with Crippen molar-refractivity contribution in [2.24, 2.45) is 0 Å². The van der Waals surface area contributed by atoms with Gasteiger partial charge in [0.05, 0.1) is 4.92 Å². The SMILES string of the molecule is O=[N+]([O-])c1c(F)cccc1NCCc1ccccc1F. The molecule has 0 amide bonds. The molecule has 0 fully saturated rings. The number of halogens is 2. The van der Waals surface area contributed by atoms with Crippen LogP contribution in [0.3, 0.4) is 0 Å². The topological polar surface area (TPSA) is 55.2 Å². The normalized spacial score (nSPS) is 10.3. The van der Waals surface area contributed by atoms with Crippen LogP contribution in [0.5, 0.6) is 0 Å². The Morgan fingerprint density at radius 2 is 1.75 bits per heavy atom. The fraction of sp³-hybridized carbons (Fsp3) is 0.143. The van der Waals surface area contributed by atoms with Crippen LogP contribution in [-0.4, -0.2) is 11.5 Å². The van der Waals surface area contributed by atoms with Gasteiger partial charge in [-0.3, -0.25) is 10.1 Å². The second-order valence-corrected chi connectivity index (χ2v) is 4.16. The fourth-order valence-electron chi connectivity index (χ4n) is 1.88. The molecule has 0 atom stereocenters. The minimum atomic E-state index is -0.897. The summed E-state index contributed by atoms with van der Waals surface area (Å²) in [6.45, 7) is 0.269. The van der Waals surface area contributed by atoms with Gasteiger partial charge in [-0.1, -0.05) is 24.3 Å². The predicted molar refractivity (Wildman–Crippen MR) is 71.6 cm³/mol. The summed E-state index contributed by atoms with van der Waals surface area (Å²) >= 11 is 0. The summed E-state index contributed by atoms with van der Waals surface area (Å²) < 4.78 is 26.8. The van der Waals surface area contributed by atoms with E-state index >= 15 is 0 Å². The number of rotatable bonds is 5. The summed E-state index contributed by atoms with van der Waals surface area (Å²) in [6, 6.07) is 10.1. The van der Waals surface area contributed by atoms with Gasteiger partial charge in [-0.25, -0.2) is 4.39 Å². The Hall–Kier alpha value is -2.50. The predicted octanol–water partition coefficient (Wildman–Crippen LogP) is 3.53. The summed E-state index contributed by atoms with van der Waals surface area (Å²) in [6.07, 6.45) is 0.348. The fourth-order valence-corrected chi connectivity index (χ4v) is 1.88. The lowest BCUT2D eigenvalue weighted by atomic mass is 10.1. The zero-order valence-corrected chi connectivity index (χ0v) is 10.5. The zero-order valence-electron chi connectivity index (χ0n) is 10.5. The van der Waals surface area contributed by atoms with E-state index in [0.29, 0.717) is 12.0 Å². The molecule has 0 saturated heterocycles. The molecule has 2 aromatic rings. The molecule has 0 heterocycles. The average molecular weight is 278 g/mol. The standard InChI is InChI=1S/C14H12F2N2O2/c15-11-5-2-1-4-10(11)8-9-17-13-7-3-6-12(16)14(13)18(19)20/h1-7,17H,8-9H2. The molecular weight excluding hydrogens is 266 g/mol. The second-order valence-electron chi connectivity index (χ2n) is 4.16. The summed E-state index contributed by atoms with van der Waals surface area (Å²) in [5, 5.41) is 13.6. The minimum Gasteiger partial charge on any atom is -0.379 e. The Bertz CT molecular complexity index is 632. The first-order valence-electron chi connectivity index (χ1n) is 6.00. The number of benzene rings is 2. The summed E-state index contributed by atoms with van der Waals surface area (Å²) in [5.41, 5.74) is -0.00794. The minimum absolute atomic E-state index is 0.0892. The molecule has 0 aliphatic heterocycles. The Morgan fingerprint density at radius 1 is 1.05 bits per heavy atom. The van der Waals surface area contributed by atoms with Crippen LogP contribution in [0.2, 0.25) is 0 Å². The van der Waals surface area contributed by atoms with Crippen molar-refractivity contribution in [3.63, 3.8) is 0 Å². The highest BCUT2D eigenvalue weighted by molar-refractivity contribution is 5.61. The quantitative estimate of drug-likeness (QED) is 0.672. The molecule has 0 bridgehead atoms. The smallest absolute Gasteiger partial charge is 0.327 e. The van der Waals surface area contributed by atoms with E-state index in [0.717, 1.165) is 6.07 Å². The molecule has 20 heavy (non-hydrogen) atoms. The van der Waals surface area contributed by atoms with E-state index in [1.54, 1.807) is 18.2 Å². The maximum atomic E-state index is 13.4. The van der Waals surface area contributed by atoms with E-state index in [9.17, 15) is 18.9 Å². The lowest BCUT2D eigenvalue weighted by Crippen LogP contribution is -2.08. The first kappa shape index (κ1) is 13.9. The zero-order chi connectivity index (χ0) is 14.5. The summed E-state index contributed by atoms with van der Waals surface area (Å²) in [5.74, 6) is -1.23. The first-order chi connectivity index (χ1) is 9.59. The lowest BCUT2D eigenvalue weighted by molar-refractivity contribution is -0.386. The molecule has 0 aliphatic rings. The number of nitro benzene ring substituents is 1. The maximum absolute atomic E-state index is 13.4. The van der Waals surface area contributed by atoms with Crippen molar-refractivity contribution < 1.29 is 13.7 Å². The molecule has 2 aromatic carbocycles. The van der Waals surface area contributed by atoms with Gasteiger partial charge in [0.1, 0.15) is 11.5 Å². The van der Waals surface area contributed by atoms with Crippen LogP contribution in [0.1, 0.15) is 5.56 Å². The molecule has 4 nitrogen and oxygen atoms in total. The highest BCUT2D eigenvalue weighted by atomic mass is 19.1. The third-order valence-corrected chi connectivity index (χ3v) is 2.84. The van der Waals surface area contributed by atoms with Crippen molar-refractivity contribution in [1.29, 1.82) is 0 Å². The highest BCUT2D eigenvalue weighted by Gasteiger charge is 2.19. The Kier molecular flexibility index (Phi) is 4.24. The number of hydrogen-bond donors (Lipinski definition) is 1. The van der Waals surface area contributed by atoms with Gasteiger partial charge in [0.15, 0.2) is 0 Å². The molecule has 0 aliphatic carbocycles. The number of anilines is 1. The Labute approximate surface area is 114 Å². The van der Waals surface area contributed by atoms with E-state index in [1.807, 2.05) is 0 Å². The van der Waals surface area contributed by atoms with E-state index in [-0.39, 0.29) is 18.0 Å². The monoisotopic (exact) mass is 278 g/mol. The van der Waals surface area contributed by atoms with Gasteiger partial charge in [0, 0.05) is 6.54 Å². The lowest BCUT2D eigenvalue weighted by Gasteiger charge is -2.08. The van der Waals surface area contributed by atoms with E-state index in [1.165, 1.54) is 18.2 Å². The number of para-hydroxylation sites is 1. The van der Waals surface area contributed by atoms with Crippen molar-refractivity contribution >= 4 is 11.4 Å². The van der Waals surface area contributed by atoms with Crippen LogP contribution in [0.15, 0.2) is 42.5 Å². The van der Waals surface area contributed by atoms with E-state index in [2.05, 4.69) is 5.32 Å². The highest BCUT2D eigenvalue weighted by Crippen LogP contribution is 2.27. The molecule has 104 valence electrons. The third kappa shape index (κ3) is 3.09. The molecule has 6 heteroatoms. The van der Waals surface area contributed by atoms with Gasteiger partial charge >= 0.3 is 5.69 Å². The van der Waals surface area contributed by atoms with Gasteiger partial charge in [-0.15, -0.1) is 0 Å². The number of nitro groups is 1. The number of nitrogens with one attached hydrogen (secondary N) is 1. The average Bonchev–Trinajstić information content (AvgIpc) is 2.40. The molecule has 2 rings (SSSR count). The van der Waals surface area contributed by atoms with Gasteiger partial charge in [0.25, 0.3) is 0 Å². The van der Waals surface area contributed by atoms with Crippen molar-refractivity contribution in [3.8, 4) is 0 Å². The van der Waals surface area contributed by atoms with Crippen LogP contribution in [0, 0.1) is 21.7 Å². The molecule has 0 aromatic heterocycles. The van der Waals surface area contributed by atoms with Crippen LogP contribution < -0.4 is 5.32 Å². The van der Waals surface area contributed by atoms with Crippen LogP contribution in [-0.2, 0) is 6.42 Å². The van der Waals surface area contributed by atoms with Gasteiger partial charge in [0.2, 0.25) is 5.82 Å². The molecular formula is C14H12F2N2O2. The van der Waals surface area contributed by atoms with Gasteiger partial charge in [-0.05, 0) is 30.2 Å².